The number of aromatic nitrogens is 3. The molecule has 2 rings (SSSR count). The summed E-state index contributed by atoms with van der Waals surface area (Å²) in [5, 5.41) is 8.09. The van der Waals surface area contributed by atoms with E-state index in [-0.39, 0.29) is 11.4 Å². The van der Waals surface area contributed by atoms with E-state index in [0.29, 0.717) is 23.9 Å². The first-order valence-corrected chi connectivity index (χ1v) is 8.78. The van der Waals surface area contributed by atoms with Gasteiger partial charge in [0.2, 0.25) is 10.0 Å². The fraction of sp³-hybridized carbons (Fsp3) is 0.571. The Morgan fingerprint density at radius 1 is 1.41 bits per heavy atom. The van der Waals surface area contributed by atoms with E-state index in [9.17, 15) is 8.42 Å². The van der Waals surface area contributed by atoms with Crippen molar-refractivity contribution in [3.05, 3.63) is 29.4 Å². The van der Waals surface area contributed by atoms with Crippen LogP contribution >= 0.6 is 0 Å². The number of nitrogens with one attached hydrogen (secondary N) is 1. The van der Waals surface area contributed by atoms with Gasteiger partial charge >= 0.3 is 0 Å². The van der Waals surface area contributed by atoms with Crippen molar-refractivity contribution in [2.24, 2.45) is 5.92 Å². The topological polar surface area (TPSA) is 90.0 Å². The maximum Gasteiger partial charge on any atom is 0.244 e. The molecular formula is C14H22N4O3S. The Kier molecular flexibility index (Phi) is 5.02. The molecule has 22 heavy (non-hydrogen) atoms. The zero-order chi connectivity index (χ0) is 16.3. The third kappa shape index (κ3) is 3.95. The zero-order valence-electron chi connectivity index (χ0n) is 13.3. The van der Waals surface area contributed by atoms with Crippen molar-refractivity contribution >= 4 is 10.0 Å². The molecule has 0 aliphatic carbocycles. The van der Waals surface area contributed by atoms with Crippen LogP contribution in [0.3, 0.4) is 0 Å². The maximum atomic E-state index is 12.4. The van der Waals surface area contributed by atoms with Crippen LogP contribution in [0.2, 0.25) is 0 Å². The molecule has 0 radical (unpaired) electrons. The monoisotopic (exact) mass is 326 g/mol. The van der Waals surface area contributed by atoms with Crippen molar-refractivity contribution in [1.82, 2.24) is 19.7 Å². The highest BCUT2D eigenvalue weighted by Crippen LogP contribution is 2.15. The van der Waals surface area contributed by atoms with Crippen LogP contribution in [0.1, 0.15) is 37.9 Å². The van der Waals surface area contributed by atoms with Gasteiger partial charge in [-0.15, -0.1) is 0 Å². The maximum absolute atomic E-state index is 12.4. The summed E-state index contributed by atoms with van der Waals surface area (Å²) in [6.45, 7) is 8.51. The Hall–Kier alpha value is -1.67. The Balaban J connectivity index is 2.11. The Morgan fingerprint density at radius 3 is 2.73 bits per heavy atom. The highest BCUT2D eigenvalue weighted by atomic mass is 32.2. The molecule has 122 valence electrons. The minimum atomic E-state index is -3.62. The predicted molar refractivity (Wildman–Crippen MR) is 81.7 cm³/mol. The van der Waals surface area contributed by atoms with Gasteiger partial charge in [-0.1, -0.05) is 25.9 Å². The van der Waals surface area contributed by atoms with E-state index in [1.54, 1.807) is 23.9 Å². The molecular weight excluding hydrogens is 304 g/mol. The van der Waals surface area contributed by atoms with Gasteiger partial charge in [-0.3, -0.25) is 4.68 Å². The van der Waals surface area contributed by atoms with E-state index in [1.165, 1.54) is 0 Å². The van der Waals surface area contributed by atoms with Crippen LogP contribution in [0, 0.1) is 12.8 Å². The van der Waals surface area contributed by atoms with Gasteiger partial charge in [0.05, 0.1) is 17.9 Å². The zero-order valence-corrected chi connectivity index (χ0v) is 14.1. The van der Waals surface area contributed by atoms with Gasteiger partial charge in [-0.2, -0.15) is 5.10 Å². The van der Waals surface area contributed by atoms with Crippen LogP contribution in [0.5, 0.6) is 0 Å². The molecule has 2 heterocycles. The second-order valence-corrected chi connectivity index (χ2v) is 7.39. The molecule has 0 fully saturated rings. The van der Waals surface area contributed by atoms with Gasteiger partial charge in [-0.25, -0.2) is 13.1 Å². The van der Waals surface area contributed by atoms with Crippen LogP contribution in [0.25, 0.3) is 0 Å². The minimum absolute atomic E-state index is 0.0735. The number of sulfonamides is 1. The fourth-order valence-corrected chi connectivity index (χ4v) is 3.26. The Bertz CT molecular complexity index is 731. The molecule has 0 unspecified atom stereocenters. The molecule has 7 nitrogen and oxygen atoms in total. The van der Waals surface area contributed by atoms with Gasteiger partial charge in [0.25, 0.3) is 0 Å². The highest BCUT2D eigenvalue weighted by Gasteiger charge is 2.21. The number of nitrogens with zero attached hydrogens (tertiary/aromatic N) is 3. The van der Waals surface area contributed by atoms with Crippen molar-refractivity contribution in [2.75, 3.05) is 0 Å². The van der Waals surface area contributed by atoms with Crippen LogP contribution < -0.4 is 4.72 Å². The highest BCUT2D eigenvalue weighted by molar-refractivity contribution is 7.89. The smallest absolute Gasteiger partial charge is 0.244 e. The van der Waals surface area contributed by atoms with Crippen molar-refractivity contribution in [1.29, 1.82) is 0 Å². The van der Waals surface area contributed by atoms with Crippen LogP contribution in [0.15, 0.2) is 21.7 Å². The predicted octanol–water partition coefficient (Wildman–Crippen LogP) is 1.88. The normalized spacial score (nSPS) is 12.2. The van der Waals surface area contributed by atoms with E-state index >= 15 is 0 Å². The van der Waals surface area contributed by atoms with Gasteiger partial charge in [0.1, 0.15) is 4.90 Å². The molecule has 0 aliphatic heterocycles. The van der Waals surface area contributed by atoms with E-state index < -0.39 is 10.0 Å². The Morgan fingerprint density at radius 2 is 2.14 bits per heavy atom. The van der Waals surface area contributed by atoms with Gasteiger partial charge < -0.3 is 4.52 Å². The van der Waals surface area contributed by atoms with Crippen LogP contribution in [-0.4, -0.2) is 23.4 Å². The second kappa shape index (κ2) is 6.62. The molecule has 2 aromatic rings. The largest absolute Gasteiger partial charge is 0.360 e. The number of rotatable bonds is 7. The number of aryl methyl sites for hydroxylation is 2. The van der Waals surface area contributed by atoms with E-state index in [4.69, 9.17) is 4.52 Å². The lowest BCUT2D eigenvalue weighted by molar-refractivity contribution is 0.375. The summed E-state index contributed by atoms with van der Waals surface area (Å²) < 4.78 is 34.0. The molecule has 0 amide bonds. The lowest BCUT2D eigenvalue weighted by Crippen LogP contribution is -2.23. The summed E-state index contributed by atoms with van der Waals surface area (Å²) >= 11 is 0. The lowest BCUT2D eigenvalue weighted by atomic mass is 10.2. The van der Waals surface area contributed by atoms with E-state index in [2.05, 4.69) is 28.8 Å². The average molecular weight is 326 g/mol. The molecule has 2 aromatic heterocycles. The Labute approximate surface area is 130 Å². The molecule has 1 N–H and O–H groups in total. The van der Waals surface area contributed by atoms with Crippen molar-refractivity contribution in [2.45, 2.75) is 52.1 Å². The van der Waals surface area contributed by atoms with Crippen molar-refractivity contribution < 1.29 is 12.9 Å². The lowest BCUT2D eigenvalue weighted by Gasteiger charge is -2.04. The van der Waals surface area contributed by atoms with Crippen LogP contribution in [0.4, 0.5) is 0 Å². The van der Waals surface area contributed by atoms with Gasteiger partial charge in [0, 0.05) is 18.8 Å². The summed E-state index contributed by atoms with van der Waals surface area (Å²) in [6, 6.07) is 1.75. The molecule has 0 spiro atoms. The summed E-state index contributed by atoms with van der Waals surface area (Å²) in [4.78, 5) is 0.198. The molecule has 0 atom stereocenters. The summed E-state index contributed by atoms with van der Waals surface area (Å²) in [5.74, 6) is 0.886. The first-order valence-electron chi connectivity index (χ1n) is 7.30. The quantitative estimate of drug-likeness (QED) is 0.839. The van der Waals surface area contributed by atoms with Crippen LogP contribution in [-0.2, 0) is 29.5 Å². The van der Waals surface area contributed by atoms with Gasteiger partial charge in [-0.05, 0) is 19.3 Å². The molecule has 8 heteroatoms. The van der Waals surface area contributed by atoms with E-state index in [0.717, 1.165) is 12.1 Å². The number of hydrogen-bond donors (Lipinski definition) is 1. The number of hydrogen-bond acceptors (Lipinski definition) is 5. The first kappa shape index (κ1) is 16.7. The summed E-state index contributed by atoms with van der Waals surface area (Å²) in [5.41, 5.74) is 1.29. The molecule has 0 saturated carbocycles. The molecule has 0 aliphatic rings. The fourth-order valence-electron chi connectivity index (χ4n) is 2.08. The molecule has 0 aromatic carbocycles. The standard InChI is InChI=1S/C14H22N4O3S/c1-5-12-6-13(21-17-12)7-15-22(19,20)14-9-18(8-10(2)3)16-11(14)4/h6,9-10,15H,5,7-8H2,1-4H3. The SMILES string of the molecule is CCc1cc(CNS(=O)(=O)c2cn(CC(C)C)nc2C)on1. The van der Waals surface area contributed by atoms with Crippen molar-refractivity contribution in [3.63, 3.8) is 0 Å². The van der Waals surface area contributed by atoms with Gasteiger partial charge in [0.15, 0.2) is 5.76 Å². The van der Waals surface area contributed by atoms with Crippen molar-refractivity contribution in [3.8, 4) is 0 Å². The second-order valence-electron chi connectivity index (χ2n) is 5.66. The first-order chi connectivity index (χ1) is 10.3. The third-order valence-electron chi connectivity index (χ3n) is 3.15. The molecule has 0 saturated heterocycles. The summed E-state index contributed by atoms with van der Waals surface area (Å²) in [6.07, 6.45) is 2.31. The minimum Gasteiger partial charge on any atom is -0.360 e. The molecule has 0 bridgehead atoms. The van der Waals surface area contributed by atoms with E-state index in [1.807, 2.05) is 6.92 Å². The third-order valence-corrected chi connectivity index (χ3v) is 4.65. The average Bonchev–Trinajstić information content (AvgIpc) is 3.02. The summed E-state index contributed by atoms with van der Waals surface area (Å²) in [7, 11) is -3.62.